The molecule has 0 bridgehead atoms. The first kappa shape index (κ1) is 17.0. The van der Waals surface area contributed by atoms with Crippen molar-refractivity contribution in [2.75, 3.05) is 29.9 Å². The number of benzene rings is 1. The van der Waals surface area contributed by atoms with Crippen molar-refractivity contribution < 1.29 is 14.1 Å². The Morgan fingerprint density at radius 2 is 2.16 bits per heavy atom. The van der Waals surface area contributed by atoms with Gasteiger partial charge in [-0.1, -0.05) is 17.3 Å². The van der Waals surface area contributed by atoms with Gasteiger partial charge in [-0.2, -0.15) is 0 Å². The largest absolute Gasteiger partial charge is 0.372 e. The minimum absolute atomic E-state index is 0.218. The fourth-order valence-corrected chi connectivity index (χ4v) is 3.06. The average Bonchev–Trinajstić information content (AvgIpc) is 3.13. The van der Waals surface area contributed by atoms with Gasteiger partial charge in [0.15, 0.2) is 5.82 Å². The second kappa shape index (κ2) is 7.83. The minimum Gasteiger partial charge on any atom is -0.372 e. The third-order valence-electron chi connectivity index (χ3n) is 4.33. The molecule has 1 aliphatic rings. The van der Waals surface area contributed by atoms with Gasteiger partial charge in [0, 0.05) is 31.4 Å². The van der Waals surface area contributed by atoms with E-state index in [0.717, 1.165) is 25.1 Å². The molecule has 2 aromatic rings. The van der Waals surface area contributed by atoms with Crippen molar-refractivity contribution in [2.45, 2.75) is 26.2 Å². The number of aromatic nitrogens is 1. The second-order valence-corrected chi connectivity index (χ2v) is 5.99. The molecule has 1 aromatic carbocycles. The van der Waals surface area contributed by atoms with E-state index in [2.05, 4.69) is 50.3 Å². The lowest BCUT2D eigenvalue weighted by atomic mass is 9.98. The van der Waals surface area contributed by atoms with Crippen LogP contribution in [0.5, 0.6) is 0 Å². The number of fused-ring (bicyclic) bond motifs is 1. The summed E-state index contributed by atoms with van der Waals surface area (Å²) in [6.45, 7) is 4.70. The number of hydrogen-bond acceptors (Lipinski definition) is 5. The van der Waals surface area contributed by atoms with Crippen molar-refractivity contribution in [1.29, 1.82) is 0 Å². The summed E-state index contributed by atoms with van der Waals surface area (Å²) >= 11 is 0. The first-order chi connectivity index (χ1) is 12.2. The van der Waals surface area contributed by atoms with Crippen LogP contribution in [0.2, 0.25) is 0 Å². The van der Waals surface area contributed by atoms with Gasteiger partial charge in [0.1, 0.15) is 6.26 Å². The molecular formula is C18H22N4O3. The zero-order valence-electron chi connectivity index (χ0n) is 14.2. The van der Waals surface area contributed by atoms with Gasteiger partial charge in [-0.05, 0) is 43.4 Å². The van der Waals surface area contributed by atoms with Crippen LogP contribution >= 0.6 is 0 Å². The fourth-order valence-electron chi connectivity index (χ4n) is 3.06. The molecule has 7 nitrogen and oxygen atoms in total. The number of hydrogen-bond donors (Lipinski definition) is 2. The Bertz CT molecular complexity index is 743. The number of nitrogens with zero attached hydrogens (tertiary/aromatic N) is 2. The number of carbonyl (C=O) groups excluding carboxylic acids is 2. The van der Waals surface area contributed by atoms with E-state index in [1.54, 1.807) is 0 Å². The van der Waals surface area contributed by atoms with Gasteiger partial charge in [-0.3, -0.25) is 14.9 Å². The molecule has 1 aliphatic heterocycles. The predicted octanol–water partition coefficient (Wildman–Crippen LogP) is 1.74. The zero-order valence-corrected chi connectivity index (χ0v) is 14.2. The molecule has 0 fully saturated rings. The van der Waals surface area contributed by atoms with E-state index in [0.29, 0.717) is 13.0 Å². The number of anilines is 2. The van der Waals surface area contributed by atoms with E-state index >= 15 is 0 Å². The molecule has 0 spiro atoms. The standard InChI is InChI=1S/C18H22N4O3/c1-2-22-10-3-4-14-12-13(5-6-15(14)22)7-9-19-17(23)18(24)20-16-8-11-25-21-16/h5-6,8,11-12H,2-4,7,9-10H2,1H3,(H,19,23)(H,20,21,24). The summed E-state index contributed by atoms with van der Waals surface area (Å²) in [5.41, 5.74) is 3.84. The number of nitrogens with one attached hydrogen (secondary N) is 2. The van der Waals surface area contributed by atoms with Crippen LogP contribution in [0, 0.1) is 0 Å². The quantitative estimate of drug-likeness (QED) is 0.808. The number of rotatable bonds is 5. The summed E-state index contributed by atoms with van der Waals surface area (Å²) in [4.78, 5) is 25.9. The highest BCUT2D eigenvalue weighted by Crippen LogP contribution is 2.27. The highest BCUT2D eigenvalue weighted by Gasteiger charge is 2.16. The molecule has 2 amide bonds. The van der Waals surface area contributed by atoms with Crippen LogP contribution in [0.15, 0.2) is 35.1 Å². The Labute approximate surface area is 146 Å². The maximum atomic E-state index is 11.8. The van der Waals surface area contributed by atoms with Crippen molar-refractivity contribution in [3.63, 3.8) is 0 Å². The first-order valence-electron chi connectivity index (χ1n) is 8.53. The molecule has 132 valence electrons. The first-order valence-corrected chi connectivity index (χ1v) is 8.53. The third-order valence-corrected chi connectivity index (χ3v) is 4.33. The molecule has 7 heteroatoms. The number of aryl methyl sites for hydroxylation is 1. The summed E-state index contributed by atoms with van der Waals surface area (Å²) in [5.74, 6) is -1.22. The maximum absolute atomic E-state index is 11.8. The fraction of sp³-hybridized carbons (Fsp3) is 0.389. The van der Waals surface area contributed by atoms with Gasteiger partial charge in [0.25, 0.3) is 0 Å². The Morgan fingerprint density at radius 1 is 1.28 bits per heavy atom. The number of carbonyl (C=O) groups is 2. The lowest BCUT2D eigenvalue weighted by Crippen LogP contribution is -2.36. The summed E-state index contributed by atoms with van der Waals surface area (Å²) < 4.78 is 4.60. The van der Waals surface area contributed by atoms with Gasteiger partial charge in [-0.15, -0.1) is 0 Å². The van der Waals surface area contributed by atoms with Gasteiger partial charge in [0.2, 0.25) is 0 Å². The molecule has 2 N–H and O–H groups in total. The monoisotopic (exact) mass is 342 g/mol. The Balaban J connectivity index is 1.50. The van der Waals surface area contributed by atoms with Crippen LogP contribution in [0.25, 0.3) is 0 Å². The minimum atomic E-state index is -0.752. The topological polar surface area (TPSA) is 87.5 Å². The van der Waals surface area contributed by atoms with Crippen LogP contribution in [0.4, 0.5) is 11.5 Å². The second-order valence-electron chi connectivity index (χ2n) is 5.99. The Morgan fingerprint density at radius 3 is 2.92 bits per heavy atom. The van der Waals surface area contributed by atoms with E-state index in [4.69, 9.17) is 0 Å². The van der Waals surface area contributed by atoms with E-state index < -0.39 is 11.8 Å². The SMILES string of the molecule is CCN1CCCc2cc(CCNC(=O)C(=O)Nc3ccon3)ccc21. The van der Waals surface area contributed by atoms with Gasteiger partial charge >= 0.3 is 11.8 Å². The highest BCUT2D eigenvalue weighted by molar-refractivity contribution is 6.39. The molecule has 0 radical (unpaired) electrons. The zero-order chi connectivity index (χ0) is 17.6. The molecule has 2 heterocycles. The van der Waals surface area contributed by atoms with E-state index in [1.807, 2.05) is 0 Å². The average molecular weight is 342 g/mol. The van der Waals surface area contributed by atoms with E-state index in [9.17, 15) is 9.59 Å². The molecule has 0 atom stereocenters. The van der Waals surface area contributed by atoms with Crippen molar-refractivity contribution in [3.8, 4) is 0 Å². The lowest BCUT2D eigenvalue weighted by Gasteiger charge is -2.30. The van der Waals surface area contributed by atoms with Crippen molar-refractivity contribution >= 4 is 23.3 Å². The van der Waals surface area contributed by atoms with Crippen molar-refractivity contribution in [2.24, 2.45) is 0 Å². The van der Waals surface area contributed by atoms with Crippen molar-refractivity contribution in [3.05, 3.63) is 41.7 Å². The van der Waals surface area contributed by atoms with Crippen LogP contribution in [0.1, 0.15) is 24.5 Å². The molecule has 3 rings (SSSR count). The van der Waals surface area contributed by atoms with Crippen LogP contribution in [-0.4, -0.2) is 36.6 Å². The predicted molar refractivity (Wildman–Crippen MR) is 94.5 cm³/mol. The highest BCUT2D eigenvalue weighted by atomic mass is 16.5. The third kappa shape index (κ3) is 4.17. The van der Waals surface area contributed by atoms with Gasteiger partial charge in [-0.25, -0.2) is 0 Å². The van der Waals surface area contributed by atoms with Crippen LogP contribution in [-0.2, 0) is 22.4 Å². The lowest BCUT2D eigenvalue weighted by molar-refractivity contribution is -0.136. The number of amides is 2. The smallest absolute Gasteiger partial charge is 0.314 e. The van der Waals surface area contributed by atoms with Crippen LogP contribution in [0.3, 0.4) is 0 Å². The molecule has 1 aromatic heterocycles. The summed E-state index contributed by atoms with van der Waals surface area (Å²) in [6.07, 6.45) is 4.26. The van der Waals surface area contributed by atoms with Gasteiger partial charge in [0.05, 0.1) is 0 Å². The Kier molecular flexibility index (Phi) is 5.33. The van der Waals surface area contributed by atoms with E-state index in [-0.39, 0.29) is 5.82 Å². The maximum Gasteiger partial charge on any atom is 0.314 e. The Hall–Kier alpha value is -2.83. The molecule has 0 unspecified atom stereocenters. The summed E-state index contributed by atoms with van der Waals surface area (Å²) in [6, 6.07) is 7.93. The summed E-state index contributed by atoms with van der Waals surface area (Å²) in [7, 11) is 0. The molecular weight excluding hydrogens is 320 g/mol. The molecule has 25 heavy (non-hydrogen) atoms. The molecule has 0 saturated carbocycles. The summed E-state index contributed by atoms with van der Waals surface area (Å²) in [5, 5.41) is 8.51. The normalized spacial score (nSPS) is 13.2. The molecule has 0 saturated heterocycles. The van der Waals surface area contributed by atoms with Gasteiger partial charge < -0.3 is 14.7 Å². The van der Waals surface area contributed by atoms with Crippen LogP contribution < -0.4 is 15.5 Å². The van der Waals surface area contributed by atoms with E-state index in [1.165, 1.54) is 30.0 Å². The molecule has 0 aliphatic carbocycles. The van der Waals surface area contributed by atoms with Crippen molar-refractivity contribution in [1.82, 2.24) is 10.5 Å².